The van der Waals surface area contributed by atoms with Crippen molar-refractivity contribution in [3.05, 3.63) is 230 Å². The fraction of sp³-hybridized carbons (Fsp3) is 0.0545. The van der Waals surface area contributed by atoms with Gasteiger partial charge in [-0.15, -0.1) is 0 Å². The van der Waals surface area contributed by atoms with Crippen LogP contribution < -0.4 is 9.80 Å². The van der Waals surface area contributed by atoms with E-state index in [0.717, 1.165) is 17.1 Å². The molecule has 10 rings (SSSR count). The van der Waals surface area contributed by atoms with E-state index in [1.807, 2.05) is 0 Å². The molecule has 0 radical (unpaired) electrons. The van der Waals surface area contributed by atoms with Crippen LogP contribution in [0.4, 0.5) is 34.1 Å². The largest absolute Gasteiger partial charge is 0.310 e. The van der Waals surface area contributed by atoms with Crippen molar-refractivity contribution in [1.82, 2.24) is 0 Å². The lowest BCUT2D eigenvalue weighted by molar-refractivity contribution is 0.634. The fourth-order valence-corrected chi connectivity index (χ4v) is 8.94. The molecule has 0 bridgehead atoms. The second kappa shape index (κ2) is 14.2. The zero-order valence-corrected chi connectivity index (χ0v) is 32.2. The molecule has 1 aliphatic rings. The van der Waals surface area contributed by atoms with Gasteiger partial charge in [-0.1, -0.05) is 184 Å². The molecule has 1 aliphatic heterocycles. The van der Waals surface area contributed by atoms with Crippen molar-refractivity contribution in [2.45, 2.75) is 19.3 Å². The van der Waals surface area contributed by atoms with Crippen LogP contribution in [0.15, 0.2) is 218 Å². The molecule has 0 spiro atoms. The molecule has 0 fully saturated rings. The summed E-state index contributed by atoms with van der Waals surface area (Å²) in [6, 6.07) is 79.2. The Balaban J connectivity index is 1.12. The lowest BCUT2D eigenvalue weighted by Gasteiger charge is -2.44. The summed E-state index contributed by atoms with van der Waals surface area (Å²) in [5, 5.41) is 2.44. The monoisotopic (exact) mass is 730 g/mol. The Morgan fingerprint density at radius 3 is 1.67 bits per heavy atom. The standard InChI is InChI=1S/C55H42N2/c1-55(2)50-29-14-15-30-51(50)57(52-31-17-28-47(53(52)55)40-18-6-3-7-19-40)54-48-27-13-12-20-41(48)36-37-49(54)42-34-32-39(33-35-42)43-21-16-26-46(38-43)56(44-22-8-4-9-23-44)45-24-10-5-11-25-45/h3-38H,1-2H3. The number of fused-ring (bicyclic) bond motifs is 3. The first-order valence-corrected chi connectivity index (χ1v) is 19.8. The number of hydrogen-bond donors (Lipinski definition) is 0. The lowest BCUT2D eigenvalue weighted by Crippen LogP contribution is -2.31. The van der Waals surface area contributed by atoms with Gasteiger partial charge in [-0.05, 0) is 92.9 Å². The van der Waals surface area contributed by atoms with Gasteiger partial charge < -0.3 is 9.80 Å². The summed E-state index contributed by atoms with van der Waals surface area (Å²) in [4.78, 5) is 4.86. The smallest absolute Gasteiger partial charge is 0.0618 e. The van der Waals surface area contributed by atoms with Crippen molar-refractivity contribution in [3.8, 4) is 33.4 Å². The van der Waals surface area contributed by atoms with Gasteiger partial charge in [-0.2, -0.15) is 0 Å². The molecular formula is C55H42N2. The minimum atomic E-state index is -0.230. The SMILES string of the molecule is CC1(C)c2ccccc2N(c2c(-c3ccc(-c4cccc(N(c5ccccc5)c5ccccc5)c4)cc3)ccc3ccccc23)c2cccc(-c3ccccc3)c21. The minimum Gasteiger partial charge on any atom is -0.310 e. The molecule has 2 heteroatoms. The highest BCUT2D eigenvalue weighted by molar-refractivity contribution is 6.08. The van der Waals surface area contributed by atoms with E-state index in [2.05, 4.69) is 242 Å². The molecule has 0 saturated heterocycles. The Labute approximate surface area is 335 Å². The van der Waals surface area contributed by atoms with Crippen LogP contribution in [0.5, 0.6) is 0 Å². The second-order valence-electron chi connectivity index (χ2n) is 15.4. The summed E-state index contributed by atoms with van der Waals surface area (Å²) in [5.74, 6) is 0. The molecule has 0 amide bonds. The quantitative estimate of drug-likeness (QED) is 0.161. The van der Waals surface area contributed by atoms with Crippen LogP contribution >= 0.6 is 0 Å². The van der Waals surface area contributed by atoms with E-state index < -0.39 is 0 Å². The van der Waals surface area contributed by atoms with E-state index in [1.54, 1.807) is 0 Å². The highest BCUT2D eigenvalue weighted by atomic mass is 15.2. The molecule has 2 nitrogen and oxygen atoms in total. The maximum absolute atomic E-state index is 2.54. The predicted octanol–water partition coefficient (Wildman–Crippen LogP) is 15.4. The third-order valence-corrected chi connectivity index (χ3v) is 11.6. The van der Waals surface area contributed by atoms with Crippen molar-refractivity contribution in [1.29, 1.82) is 0 Å². The third kappa shape index (κ3) is 5.98. The van der Waals surface area contributed by atoms with Crippen molar-refractivity contribution < 1.29 is 0 Å². The van der Waals surface area contributed by atoms with E-state index in [4.69, 9.17) is 0 Å². The van der Waals surface area contributed by atoms with Gasteiger partial charge in [0.15, 0.2) is 0 Å². The molecular weight excluding hydrogens is 689 g/mol. The Bertz CT molecular complexity index is 2820. The van der Waals surface area contributed by atoms with Gasteiger partial charge in [-0.3, -0.25) is 0 Å². The molecule has 0 N–H and O–H groups in total. The molecule has 9 aromatic rings. The van der Waals surface area contributed by atoms with Gasteiger partial charge in [-0.25, -0.2) is 0 Å². The van der Waals surface area contributed by atoms with Crippen LogP contribution in [0.25, 0.3) is 44.2 Å². The molecule has 0 unspecified atom stereocenters. The number of nitrogens with zero attached hydrogens (tertiary/aromatic N) is 2. The average Bonchev–Trinajstić information content (AvgIpc) is 3.28. The van der Waals surface area contributed by atoms with Crippen molar-refractivity contribution in [2.24, 2.45) is 0 Å². The molecule has 57 heavy (non-hydrogen) atoms. The predicted molar refractivity (Wildman–Crippen MR) is 242 cm³/mol. The first-order valence-electron chi connectivity index (χ1n) is 19.8. The number of anilines is 6. The van der Waals surface area contributed by atoms with E-state index in [0.29, 0.717) is 0 Å². The molecule has 0 aromatic heterocycles. The summed E-state index contributed by atoms with van der Waals surface area (Å²) in [6.07, 6.45) is 0. The van der Waals surface area contributed by atoms with Crippen LogP contribution in [0.2, 0.25) is 0 Å². The van der Waals surface area contributed by atoms with E-state index in [-0.39, 0.29) is 5.41 Å². The number of para-hydroxylation sites is 3. The normalized spacial score (nSPS) is 12.8. The first kappa shape index (κ1) is 34.3. The Kier molecular flexibility index (Phi) is 8.53. The van der Waals surface area contributed by atoms with Crippen LogP contribution in [-0.4, -0.2) is 0 Å². The van der Waals surface area contributed by atoms with Gasteiger partial charge in [0, 0.05) is 33.4 Å². The Morgan fingerprint density at radius 2 is 0.930 bits per heavy atom. The zero-order valence-electron chi connectivity index (χ0n) is 32.2. The topological polar surface area (TPSA) is 6.48 Å². The van der Waals surface area contributed by atoms with Gasteiger partial charge in [0.05, 0.1) is 17.1 Å². The highest BCUT2D eigenvalue weighted by Gasteiger charge is 2.39. The maximum atomic E-state index is 2.54. The Morgan fingerprint density at radius 1 is 0.386 bits per heavy atom. The summed E-state index contributed by atoms with van der Waals surface area (Å²) < 4.78 is 0. The highest BCUT2D eigenvalue weighted by Crippen LogP contribution is 2.57. The average molecular weight is 731 g/mol. The summed E-state index contributed by atoms with van der Waals surface area (Å²) in [7, 11) is 0. The minimum absolute atomic E-state index is 0.230. The third-order valence-electron chi connectivity index (χ3n) is 11.6. The second-order valence-corrected chi connectivity index (χ2v) is 15.4. The summed E-state index contributed by atoms with van der Waals surface area (Å²) in [6.45, 7) is 4.76. The molecule has 9 aromatic carbocycles. The van der Waals surface area contributed by atoms with Crippen LogP contribution in [0.1, 0.15) is 25.0 Å². The van der Waals surface area contributed by atoms with Crippen molar-refractivity contribution >= 4 is 44.9 Å². The Hall–Kier alpha value is -7.16. The zero-order chi connectivity index (χ0) is 38.3. The summed E-state index contributed by atoms with van der Waals surface area (Å²) in [5.41, 5.74) is 16.6. The first-order chi connectivity index (χ1) is 28.1. The van der Waals surface area contributed by atoms with E-state index >= 15 is 0 Å². The van der Waals surface area contributed by atoms with Crippen LogP contribution in [0, 0.1) is 0 Å². The molecule has 1 heterocycles. The van der Waals surface area contributed by atoms with E-state index in [9.17, 15) is 0 Å². The van der Waals surface area contributed by atoms with E-state index in [1.165, 1.54) is 72.3 Å². The number of hydrogen-bond acceptors (Lipinski definition) is 2. The van der Waals surface area contributed by atoms with Gasteiger partial charge >= 0.3 is 0 Å². The van der Waals surface area contributed by atoms with Gasteiger partial charge in [0.2, 0.25) is 0 Å². The van der Waals surface area contributed by atoms with Crippen molar-refractivity contribution in [2.75, 3.05) is 9.80 Å². The number of rotatable bonds is 7. The van der Waals surface area contributed by atoms with Gasteiger partial charge in [0.1, 0.15) is 0 Å². The molecule has 272 valence electrons. The number of benzene rings is 9. The molecule has 0 saturated carbocycles. The summed E-state index contributed by atoms with van der Waals surface area (Å²) >= 11 is 0. The van der Waals surface area contributed by atoms with Crippen LogP contribution in [0.3, 0.4) is 0 Å². The lowest BCUT2D eigenvalue weighted by atomic mass is 9.70. The molecule has 0 atom stereocenters. The van der Waals surface area contributed by atoms with Crippen LogP contribution in [-0.2, 0) is 5.41 Å². The fourth-order valence-electron chi connectivity index (χ4n) is 8.94. The maximum Gasteiger partial charge on any atom is 0.0618 e. The van der Waals surface area contributed by atoms with Gasteiger partial charge in [0.25, 0.3) is 0 Å². The van der Waals surface area contributed by atoms with Crippen molar-refractivity contribution in [3.63, 3.8) is 0 Å². The molecule has 0 aliphatic carbocycles.